The minimum absolute atomic E-state index is 0.604. The average Bonchev–Trinajstić information content (AvgIpc) is 3.82. The maximum Gasteiger partial charge on any atom is 0.373 e. The maximum atomic E-state index is 11.3. The predicted molar refractivity (Wildman–Crippen MR) is 284 cm³/mol. The Morgan fingerprint density at radius 2 is 0.761 bits per heavy atom. The van der Waals surface area contributed by atoms with E-state index in [9.17, 15) is 17.6 Å². The number of halogens is 7. The molecule has 0 aliphatic rings. The molecule has 0 aliphatic heterocycles. The van der Waals surface area contributed by atoms with E-state index in [1.54, 1.807) is 0 Å². The fraction of sp³-hybridized carbons (Fsp3) is 0.373. The van der Waals surface area contributed by atoms with Gasteiger partial charge < -0.3 is 19.4 Å². The zero-order valence-corrected chi connectivity index (χ0v) is 47.1. The van der Waals surface area contributed by atoms with E-state index in [0.29, 0.717) is 5.82 Å². The molecule has 0 spiro atoms. The van der Waals surface area contributed by atoms with Crippen molar-refractivity contribution in [3.8, 4) is 17.5 Å². The van der Waals surface area contributed by atoms with Gasteiger partial charge in [0, 0.05) is 56.6 Å². The third-order valence-electron chi connectivity index (χ3n) is 9.89. The number of nitrogens with two attached hydrogens (primary N) is 1. The van der Waals surface area contributed by atoms with Gasteiger partial charge in [0.1, 0.15) is 23.3 Å². The number of alkyl halides is 7. The van der Waals surface area contributed by atoms with Gasteiger partial charge in [-0.1, -0.05) is 35.6 Å². The quantitative estimate of drug-likeness (QED) is 0.0975. The number of pyridine rings is 4. The molecule has 0 unspecified atom stereocenters. The molecule has 0 radical (unpaired) electrons. The van der Waals surface area contributed by atoms with E-state index in [2.05, 4.69) is 199 Å². The van der Waals surface area contributed by atoms with Crippen molar-refractivity contribution in [2.75, 3.05) is 5.73 Å². The molecule has 7 aromatic rings. The summed E-state index contributed by atoms with van der Waals surface area (Å²) in [5, 5.41) is 0.793. The number of aromatic nitrogens is 7. The summed E-state index contributed by atoms with van der Waals surface area (Å²) in [5.74, 6) is 3.70. The van der Waals surface area contributed by atoms with E-state index in [1.165, 1.54) is 94.0 Å². The molecule has 16 heteroatoms. The van der Waals surface area contributed by atoms with Gasteiger partial charge in [-0.05, 0) is 228 Å². The maximum absolute atomic E-state index is 11.3. The van der Waals surface area contributed by atoms with Crippen LogP contribution in [-0.2, 0) is 11.4 Å². The first-order valence-corrected chi connectivity index (χ1v) is 28.1. The fourth-order valence-electron chi connectivity index (χ4n) is 7.27. The molecular formula is C51H65Br3F4N8Si. The van der Waals surface area contributed by atoms with Crippen LogP contribution in [0.2, 0.25) is 19.6 Å². The van der Waals surface area contributed by atoms with Crippen LogP contribution >= 0.6 is 47.8 Å². The first-order valence-electron chi connectivity index (χ1n) is 21.7. The molecule has 7 aromatic heterocycles. The van der Waals surface area contributed by atoms with Crippen LogP contribution in [0.4, 0.5) is 23.4 Å². The van der Waals surface area contributed by atoms with Crippen LogP contribution in [-0.4, -0.2) is 51.4 Å². The number of nitrogen functional groups attached to an aromatic ring is 1. The van der Waals surface area contributed by atoms with Crippen molar-refractivity contribution < 1.29 is 17.6 Å². The number of nitrogens with zero attached hydrogens (tertiary/aromatic N) is 7. The highest BCUT2D eigenvalue weighted by atomic mass is 79.9. The molecular weight excluding hydrogens is 1070 g/mol. The minimum atomic E-state index is -4.17. The molecule has 0 saturated carbocycles. The van der Waals surface area contributed by atoms with Crippen LogP contribution in [0, 0.1) is 83.1 Å². The van der Waals surface area contributed by atoms with Crippen LogP contribution in [0.1, 0.15) is 79.2 Å². The van der Waals surface area contributed by atoms with Crippen molar-refractivity contribution in [3.05, 3.63) is 164 Å². The number of aryl methyl sites for hydroxylation is 12. The van der Waals surface area contributed by atoms with Crippen molar-refractivity contribution in [2.45, 2.75) is 124 Å². The van der Waals surface area contributed by atoms with Gasteiger partial charge in [0.05, 0.1) is 13.8 Å². The second-order valence-corrected chi connectivity index (χ2v) is 26.1. The molecule has 0 bridgehead atoms. The Kier molecular flexibility index (Phi) is 20.6. The minimum Gasteiger partial charge on any atom is -0.384 e. The van der Waals surface area contributed by atoms with Gasteiger partial charge in [-0.3, -0.25) is 0 Å². The lowest BCUT2D eigenvalue weighted by Crippen LogP contribution is -2.27. The second-order valence-electron chi connectivity index (χ2n) is 18.1. The smallest absolute Gasteiger partial charge is 0.373 e. The van der Waals surface area contributed by atoms with E-state index < -0.39 is 17.7 Å². The summed E-state index contributed by atoms with van der Waals surface area (Å²) in [4.78, 5) is 9.75. The summed E-state index contributed by atoms with van der Waals surface area (Å²) >= 11 is 6.39. The van der Waals surface area contributed by atoms with Crippen molar-refractivity contribution in [3.63, 3.8) is 0 Å². The average molecular weight is 1130 g/mol. The van der Waals surface area contributed by atoms with Gasteiger partial charge >= 0.3 is 9.66 Å². The van der Waals surface area contributed by atoms with Crippen LogP contribution in [0.3, 0.4) is 0 Å². The first-order chi connectivity index (χ1) is 30.9. The van der Waals surface area contributed by atoms with Crippen LogP contribution < -0.4 is 5.73 Å². The largest absolute Gasteiger partial charge is 0.384 e. The van der Waals surface area contributed by atoms with Gasteiger partial charge in [-0.15, -0.1) is 0 Å². The molecule has 0 saturated heterocycles. The summed E-state index contributed by atoms with van der Waals surface area (Å²) < 4.78 is 52.0. The lowest BCUT2D eigenvalue weighted by molar-refractivity contribution is -0.0724. The topological polar surface area (TPSA) is 92.4 Å². The zero-order chi connectivity index (χ0) is 50.8. The summed E-state index contributed by atoms with van der Waals surface area (Å²) in [5.41, 5.74) is 22.1. The zero-order valence-electron chi connectivity index (χ0n) is 41.4. The molecule has 0 atom stereocenters. The summed E-state index contributed by atoms with van der Waals surface area (Å²) in [6, 6.07) is 30.6. The summed E-state index contributed by atoms with van der Waals surface area (Å²) in [7, 11) is -1.13. The SMILES string of the molecule is Cc1cc(C)nc(-n2c(C)ccc2C)c1.Cc1cc(C)nc(N)c1.Cc1cc(CBr)nc(-n2c(C)ccc2C)c1.Cc1cc(C[Si](C)(C)C)nc(-n2c(C)ccc2C)c1.FC(F)(Br)C(F)(F)Br. The molecule has 0 fully saturated rings. The highest BCUT2D eigenvalue weighted by Gasteiger charge is 2.52. The highest BCUT2D eigenvalue weighted by Crippen LogP contribution is 2.43. The van der Waals surface area contributed by atoms with Gasteiger partial charge in [0.2, 0.25) is 0 Å². The van der Waals surface area contributed by atoms with Crippen molar-refractivity contribution in [2.24, 2.45) is 0 Å². The monoisotopic (exact) mass is 1130 g/mol. The van der Waals surface area contributed by atoms with Crippen molar-refractivity contribution in [1.29, 1.82) is 0 Å². The van der Waals surface area contributed by atoms with Gasteiger partial charge in [-0.25, -0.2) is 19.9 Å². The standard InChI is InChI=1S/C16H24N2Si.C13H15BrN2.C13H16N2.C7H10N2.C2Br2F4/c1-12-9-15(11-19(4,5)6)17-16(10-12)18-13(2)7-8-14(18)3;1-9-6-12(8-14)15-13(7-9)16-10(2)4-5-11(16)3;1-9-7-10(2)14-13(8-9)15-11(3)5-6-12(15)4;1-5-3-6(2)9-7(8)4-5;3-1(5,6)2(4,7)8/h7-10H,11H2,1-6H3;4-7H,8H2,1-3H3;5-8H,1-4H3;3-4H,1-2H3,(H2,8,9);. The van der Waals surface area contributed by atoms with E-state index in [-0.39, 0.29) is 0 Å². The number of anilines is 1. The summed E-state index contributed by atoms with van der Waals surface area (Å²) in [6.45, 7) is 32.2. The first kappa shape index (κ1) is 56.9. The Labute approximate surface area is 421 Å². The van der Waals surface area contributed by atoms with Gasteiger partial charge in [0.15, 0.2) is 0 Å². The van der Waals surface area contributed by atoms with E-state index in [0.717, 1.165) is 45.9 Å². The Morgan fingerprint density at radius 1 is 0.463 bits per heavy atom. The Balaban J connectivity index is 0.000000230. The van der Waals surface area contributed by atoms with E-state index in [1.807, 2.05) is 32.9 Å². The highest BCUT2D eigenvalue weighted by molar-refractivity contribution is 9.12. The van der Waals surface area contributed by atoms with Gasteiger partial charge in [0.25, 0.3) is 0 Å². The molecule has 2 N–H and O–H groups in total. The normalized spacial score (nSPS) is 11.3. The van der Waals surface area contributed by atoms with E-state index >= 15 is 0 Å². The van der Waals surface area contributed by atoms with Crippen molar-refractivity contribution in [1.82, 2.24) is 33.6 Å². The molecule has 8 nitrogen and oxygen atoms in total. The number of rotatable bonds is 7. The van der Waals surface area contributed by atoms with Gasteiger partial charge in [-0.2, -0.15) is 17.6 Å². The summed E-state index contributed by atoms with van der Waals surface area (Å²) in [6.07, 6.45) is 0. The van der Waals surface area contributed by atoms with E-state index in [4.69, 9.17) is 10.7 Å². The fourth-order valence-corrected chi connectivity index (χ4v) is 8.82. The van der Waals surface area contributed by atoms with Crippen LogP contribution in [0.25, 0.3) is 17.5 Å². The molecule has 7 rings (SSSR count). The third kappa shape index (κ3) is 17.9. The number of hydrogen-bond acceptors (Lipinski definition) is 5. The Bertz CT molecular complexity index is 2590. The lowest BCUT2D eigenvalue weighted by atomic mass is 10.2. The molecule has 0 aromatic carbocycles. The second kappa shape index (κ2) is 24.3. The molecule has 0 aliphatic carbocycles. The van der Waals surface area contributed by atoms with Crippen LogP contribution in [0.5, 0.6) is 0 Å². The lowest BCUT2D eigenvalue weighted by Gasteiger charge is -2.17. The molecule has 0 amide bonds. The molecule has 362 valence electrons. The molecule has 7 heterocycles. The molecule has 67 heavy (non-hydrogen) atoms. The predicted octanol–water partition coefficient (Wildman–Crippen LogP) is 15.3. The third-order valence-corrected chi connectivity index (χ3v) is 13.4. The number of hydrogen-bond donors (Lipinski definition) is 1. The Morgan fingerprint density at radius 3 is 1.06 bits per heavy atom. The van der Waals surface area contributed by atoms with Crippen LogP contribution in [0.15, 0.2) is 84.9 Å². The van der Waals surface area contributed by atoms with Crippen molar-refractivity contribution >= 4 is 61.7 Å². The Hall–Kier alpha value is -4.38.